The van der Waals surface area contributed by atoms with E-state index in [9.17, 15) is 15.0 Å². The number of aliphatic hydroxyl groups is 1. The van der Waals surface area contributed by atoms with Crippen molar-refractivity contribution < 1.29 is 15.0 Å². The van der Waals surface area contributed by atoms with Crippen molar-refractivity contribution in [3.63, 3.8) is 0 Å². The Bertz CT molecular complexity index is 862. The molecule has 1 aliphatic carbocycles. The summed E-state index contributed by atoms with van der Waals surface area (Å²) in [4.78, 5) is 16.6. The highest BCUT2D eigenvalue weighted by molar-refractivity contribution is 8.00. The first-order valence-corrected chi connectivity index (χ1v) is 9.92. The first-order valence-electron chi connectivity index (χ1n) is 9.04. The van der Waals surface area contributed by atoms with Gasteiger partial charge in [-0.2, -0.15) is 0 Å². The first-order chi connectivity index (χ1) is 12.5. The van der Waals surface area contributed by atoms with Crippen molar-refractivity contribution in [2.45, 2.75) is 61.2 Å². The van der Waals surface area contributed by atoms with E-state index >= 15 is 0 Å². The van der Waals surface area contributed by atoms with Gasteiger partial charge in [-0.3, -0.25) is 9.78 Å². The highest BCUT2D eigenvalue weighted by Gasteiger charge is 2.26. The molecule has 0 spiro atoms. The van der Waals surface area contributed by atoms with Gasteiger partial charge in [0.2, 0.25) is 0 Å². The summed E-state index contributed by atoms with van der Waals surface area (Å²) in [7, 11) is 0. The predicted octanol–water partition coefficient (Wildman–Crippen LogP) is 4.24. The predicted molar refractivity (Wildman–Crippen MR) is 104 cm³/mol. The fourth-order valence-electron chi connectivity index (χ4n) is 3.21. The van der Waals surface area contributed by atoms with Crippen LogP contribution < -0.4 is 0 Å². The second kappa shape index (κ2) is 8.11. The van der Waals surface area contributed by atoms with Gasteiger partial charge in [-0.15, -0.1) is 11.8 Å². The third-order valence-electron chi connectivity index (χ3n) is 4.74. The Labute approximate surface area is 158 Å². The van der Waals surface area contributed by atoms with Crippen molar-refractivity contribution in [2.24, 2.45) is 0 Å². The number of aromatic nitrogens is 1. The third-order valence-corrected chi connectivity index (χ3v) is 6.17. The van der Waals surface area contributed by atoms with E-state index in [1.54, 1.807) is 6.20 Å². The molecule has 0 amide bonds. The molecule has 1 atom stereocenters. The number of rotatable bonds is 4. The van der Waals surface area contributed by atoms with Crippen LogP contribution in [0.15, 0.2) is 35.4 Å². The summed E-state index contributed by atoms with van der Waals surface area (Å²) in [5.41, 5.74) is 0.753. The zero-order valence-electron chi connectivity index (χ0n) is 14.9. The largest absolute Gasteiger partial charge is 0.480 e. The molecule has 26 heavy (non-hydrogen) atoms. The number of nitrogens with zero attached hydrogens (tertiary/aromatic N) is 1. The van der Waals surface area contributed by atoms with E-state index in [0.29, 0.717) is 6.42 Å². The smallest absolute Gasteiger partial charge is 0.316 e. The molecule has 3 rings (SSSR count). The minimum absolute atomic E-state index is 0.488. The lowest BCUT2D eigenvalue weighted by Gasteiger charge is -2.26. The van der Waals surface area contributed by atoms with Gasteiger partial charge in [0.05, 0.1) is 5.52 Å². The maximum absolute atomic E-state index is 11.4. The molecule has 1 heterocycles. The minimum Gasteiger partial charge on any atom is -0.480 e. The average Bonchev–Trinajstić information content (AvgIpc) is 2.65. The first kappa shape index (κ1) is 18.8. The lowest BCUT2D eigenvalue weighted by molar-refractivity contribution is -0.136. The number of fused-ring (bicyclic) bond motifs is 1. The molecule has 0 bridgehead atoms. The van der Waals surface area contributed by atoms with Crippen LogP contribution >= 0.6 is 11.8 Å². The van der Waals surface area contributed by atoms with Crippen LogP contribution in [0.3, 0.4) is 0 Å². The number of aliphatic carboxylic acids is 1. The number of carboxylic acids is 1. The van der Waals surface area contributed by atoms with Gasteiger partial charge in [0.25, 0.3) is 0 Å². The van der Waals surface area contributed by atoms with Crippen LogP contribution in [0.25, 0.3) is 10.9 Å². The van der Waals surface area contributed by atoms with Gasteiger partial charge < -0.3 is 10.2 Å². The summed E-state index contributed by atoms with van der Waals surface area (Å²) in [5, 5.41) is 20.3. The van der Waals surface area contributed by atoms with Crippen LogP contribution in [0.5, 0.6) is 0 Å². The maximum Gasteiger partial charge on any atom is 0.316 e. The molecule has 1 aromatic heterocycles. The number of hydrogen-bond donors (Lipinski definition) is 2. The minimum atomic E-state index is -0.879. The molecule has 1 fully saturated rings. The molecule has 0 aliphatic heterocycles. The zero-order chi connectivity index (χ0) is 18.6. The fourth-order valence-corrected chi connectivity index (χ4v) is 4.22. The van der Waals surface area contributed by atoms with Crippen molar-refractivity contribution >= 4 is 28.6 Å². The number of hydrogen-bond acceptors (Lipinski definition) is 4. The molecule has 1 unspecified atom stereocenters. The van der Waals surface area contributed by atoms with E-state index < -0.39 is 16.8 Å². The number of carbonyl (C=O) groups is 1. The van der Waals surface area contributed by atoms with Gasteiger partial charge in [0, 0.05) is 22.0 Å². The Kier molecular flexibility index (Phi) is 5.85. The Balaban J connectivity index is 1.92. The molecule has 136 valence electrons. The topological polar surface area (TPSA) is 70.4 Å². The molecule has 4 nitrogen and oxygen atoms in total. The van der Waals surface area contributed by atoms with Gasteiger partial charge in [0.15, 0.2) is 0 Å². The molecule has 5 heteroatoms. The van der Waals surface area contributed by atoms with Crippen LogP contribution in [0.2, 0.25) is 0 Å². The second-order valence-electron chi connectivity index (χ2n) is 6.74. The Morgan fingerprint density at radius 2 is 2.08 bits per heavy atom. The normalized spacial score (nSPS) is 17.3. The molecule has 1 aromatic carbocycles. The van der Waals surface area contributed by atoms with Crippen molar-refractivity contribution in [3.05, 3.63) is 36.0 Å². The van der Waals surface area contributed by atoms with E-state index in [-0.39, 0.29) is 0 Å². The monoisotopic (exact) mass is 369 g/mol. The van der Waals surface area contributed by atoms with Crippen LogP contribution in [0.4, 0.5) is 0 Å². The number of pyridine rings is 1. The molecular weight excluding hydrogens is 346 g/mol. The van der Waals surface area contributed by atoms with Gasteiger partial charge in [-0.05, 0) is 56.4 Å². The summed E-state index contributed by atoms with van der Waals surface area (Å²) < 4.78 is 0. The maximum atomic E-state index is 11.4. The SMILES string of the molecule is CCC(Sc1ccnc2ccc(C#CC3(O)CCCCC3)cc12)C(=O)O. The van der Waals surface area contributed by atoms with E-state index in [2.05, 4.69) is 16.8 Å². The molecular formula is C21H23NO3S. The summed E-state index contributed by atoms with van der Waals surface area (Å²) in [5.74, 6) is 5.36. The second-order valence-corrected chi connectivity index (χ2v) is 7.98. The van der Waals surface area contributed by atoms with Crippen molar-refractivity contribution in [1.29, 1.82) is 0 Å². The van der Waals surface area contributed by atoms with Crippen LogP contribution in [-0.4, -0.2) is 32.0 Å². The summed E-state index contributed by atoms with van der Waals surface area (Å²) >= 11 is 1.34. The van der Waals surface area contributed by atoms with Gasteiger partial charge in [-0.1, -0.05) is 25.2 Å². The number of thioether (sulfide) groups is 1. The van der Waals surface area contributed by atoms with Gasteiger partial charge in [0.1, 0.15) is 10.9 Å². The van der Waals surface area contributed by atoms with Crippen LogP contribution in [0, 0.1) is 11.8 Å². The molecule has 0 radical (unpaired) electrons. The van der Waals surface area contributed by atoms with Crippen LogP contribution in [0.1, 0.15) is 51.0 Å². The number of carboxylic acid groups (broad SMARTS) is 1. The van der Waals surface area contributed by atoms with E-state index in [1.807, 2.05) is 31.2 Å². The highest BCUT2D eigenvalue weighted by Crippen LogP contribution is 2.32. The molecule has 2 N–H and O–H groups in total. The summed E-state index contributed by atoms with van der Waals surface area (Å²) in [6.45, 7) is 1.87. The molecule has 1 aliphatic rings. The fraction of sp³-hybridized carbons (Fsp3) is 0.429. The molecule has 1 saturated carbocycles. The van der Waals surface area contributed by atoms with E-state index in [0.717, 1.165) is 53.5 Å². The molecule has 0 saturated heterocycles. The summed E-state index contributed by atoms with van der Waals surface area (Å²) in [6.07, 6.45) is 6.91. The van der Waals surface area contributed by atoms with Crippen molar-refractivity contribution in [3.8, 4) is 11.8 Å². The lowest BCUT2D eigenvalue weighted by atomic mass is 9.85. The van der Waals surface area contributed by atoms with Crippen LogP contribution in [-0.2, 0) is 4.79 Å². The van der Waals surface area contributed by atoms with Crippen molar-refractivity contribution in [2.75, 3.05) is 0 Å². The Morgan fingerprint density at radius 3 is 2.77 bits per heavy atom. The summed E-state index contributed by atoms with van der Waals surface area (Å²) in [6, 6.07) is 7.59. The zero-order valence-corrected chi connectivity index (χ0v) is 15.7. The Hall–Kier alpha value is -2.03. The quantitative estimate of drug-likeness (QED) is 0.623. The standard InChI is InChI=1S/C21H23NO3S/c1-2-18(20(23)24)26-19-9-13-22-17-7-6-15(14-16(17)19)8-12-21(25)10-4-3-5-11-21/h6-7,9,13-14,18,25H,2-5,10-11H2,1H3,(H,23,24). The average molecular weight is 369 g/mol. The van der Waals surface area contributed by atoms with Crippen molar-refractivity contribution in [1.82, 2.24) is 4.98 Å². The van der Waals surface area contributed by atoms with E-state index in [4.69, 9.17) is 0 Å². The van der Waals surface area contributed by atoms with E-state index in [1.165, 1.54) is 11.8 Å². The highest BCUT2D eigenvalue weighted by atomic mass is 32.2. The van der Waals surface area contributed by atoms with Gasteiger partial charge in [-0.25, -0.2) is 0 Å². The Morgan fingerprint density at radius 1 is 1.31 bits per heavy atom. The lowest BCUT2D eigenvalue weighted by Crippen LogP contribution is -2.29. The number of benzene rings is 1. The third kappa shape index (κ3) is 4.38. The molecule has 2 aromatic rings. The van der Waals surface area contributed by atoms with Gasteiger partial charge >= 0.3 is 5.97 Å².